The third kappa shape index (κ3) is 5.42. The van der Waals surface area contributed by atoms with Gasteiger partial charge in [0.05, 0.1) is 17.4 Å². The van der Waals surface area contributed by atoms with E-state index < -0.39 is 29.2 Å². The Morgan fingerprint density at radius 2 is 1.63 bits per heavy atom. The summed E-state index contributed by atoms with van der Waals surface area (Å²) in [6, 6.07) is 11.6. The average molecular weight is 524 g/mol. The minimum atomic E-state index is -1.16. The lowest BCUT2D eigenvalue weighted by molar-refractivity contribution is -0.0111. The third-order valence-corrected chi connectivity index (χ3v) is 5.97. The molecule has 1 unspecified atom stereocenters. The first-order valence-electron chi connectivity index (χ1n) is 11.6. The van der Waals surface area contributed by atoms with Crippen LogP contribution in [0, 0.1) is 17.5 Å². The molecule has 194 valence electrons. The van der Waals surface area contributed by atoms with E-state index in [4.69, 9.17) is 4.74 Å². The van der Waals surface area contributed by atoms with Crippen LogP contribution in [0.5, 0.6) is 11.8 Å². The molecule has 0 bridgehead atoms. The Bertz CT molecular complexity index is 1480. The zero-order chi connectivity index (χ0) is 26.6. The normalized spacial score (nSPS) is 14.8. The molecule has 1 fully saturated rings. The van der Waals surface area contributed by atoms with Crippen LogP contribution in [0.25, 0.3) is 22.3 Å². The smallest absolute Gasteiger partial charge is 0.270 e. The summed E-state index contributed by atoms with van der Waals surface area (Å²) in [7, 11) is 0. The molecule has 3 heterocycles. The summed E-state index contributed by atoms with van der Waals surface area (Å²) in [6.07, 6.45) is 3.20. The molecule has 38 heavy (non-hydrogen) atoms. The van der Waals surface area contributed by atoms with Crippen molar-refractivity contribution >= 4 is 11.6 Å². The molecule has 5 rings (SSSR count). The molecule has 1 saturated heterocycles. The van der Waals surface area contributed by atoms with E-state index in [2.05, 4.69) is 25.5 Å². The van der Waals surface area contributed by atoms with Crippen molar-refractivity contribution < 1.29 is 32.2 Å². The SMILES string of the molecule is O=C(Nc1cnc(OC2CCNC2)c(-c2ccc(F)cc2)c1)c1cnc(OF)c(-c2ccc(F)c(F)c2)c1. The highest BCUT2D eigenvalue weighted by molar-refractivity contribution is 6.05. The molecule has 1 atom stereocenters. The van der Waals surface area contributed by atoms with Gasteiger partial charge in [-0.15, -0.1) is 0 Å². The topological polar surface area (TPSA) is 85.4 Å². The van der Waals surface area contributed by atoms with Gasteiger partial charge in [0.1, 0.15) is 11.9 Å². The van der Waals surface area contributed by atoms with Gasteiger partial charge in [0, 0.05) is 28.4 Å². The lowest BCUT2D eigenvalue weighted by atomic mass is 10.0. The van der Waals surface area contributed by atoms with Crippen molar-refractivity contribution in [2.45, 2.75) is 12.5 Å². The number of hydrogen-bond donors (Lipinski definition) is 2. The molecule has 0 spiro atoms. The summed E-state index contributed by atoms with van der Waals surface area (Å²) < 4.78 is 59.8. The van der Waals surface area contributed by atoms with Gasteiger partial charge in [-0.05, 0) is 60.5 Å². The molecule has 7 nitrogen and oxygen atoms in total. The van der Waals surface area contributed by atoms with Gasteiger partial charge in [0.25, 0.3) is 11.8 Å². The fourth-order valence-corrected chi connectivity index (χ4v) is 4.05. The van der Waals surface area contributed by atoms with Crippen molar-refractivity contribution in [1.29, 1.82) is 0 Å². The molecule has 1 aliphatic heterocycles. The molecule has 2 aromatic carbocycles. The number of carbonyl (C=O) groups excluding carboxylic acids is 1. The molecule has 2 N–H and O–H groups in total. The summed E-state index contributed by atoms with van der Waals surface area (Å²) in [4.78, 5) is 24.9. The second kappa shape index (κ2) is 10.9. The number of hydrogen-bond acceptors (Lipinski definition) is 6. The maximum absolute atomic E-state index is 13.8. The van der Waals surface area contributed by atoms with E-state index in [0.29, 0.717) is 29.2 Å². The van der Waals surface area contributed by atoms with E-state index in [-0.39, 0.29) is 22.8 Å². The standard InChI is InChI=1S/C27H20F4N4O3/c28-18-4-1-15(2-5-18)22-11-19(13-34-26(22)37-20-7-8-32-14-20)35-25(36)17-9-21(27(38-31)33-12-17)16-3-6-23(29)24(30)10-16/h1-6,9-13,20,32H,7-8,14H2,(H,35,36). The van der Waals surface area contributed by atoms with Crippen LogP contribution in [0.3, 0.4) is 0 Å². The fourth-order valence-electron chi connectivity index (χ4n) is 4.05. The zero-order valence-electron chi connectivity index (χ0n) is 19.7. The summed E-state index contributed by atoms with van der Waals surface area (Å²) >= 11 is 0. The number of rotatable bonds is 7. The summed E-state index contributed by atoms with van der Waals surface area (Å²) in [5, 5.41) is 5.89. The van der Waals surface area contributed by atoms with E-state index >= 15 is 0 Å². The Morgan fingerprint density at radius 1 is 0.895 bits per heavy atom. The van der Waals surface area contributed by atoms with Crippen molar-refractivity contribution in [3.8, 4) is 34.0 Å². The largest absolute Gasteiger partial charge is 0.473 e. The number of pyridine rings is 2. The number of nitrogens with zero attached hydrogens (tertiary/aromatic N) is 2. The van der Waals surface area contributed by atoms with Gasteiger partial charge in [-0.1, -0.05) is 18.2 Å². The van der Waals surface area contributed by atoms with Crippen LogP contribution >= 0.6 is 0 Å². The molecule has 11 heteroatoms. The van der Waals surface area contributed by atoms with Gasteiger partial charge in [-0.25, -0.2) is 23.1 Å². The van der Waals surface area contributed by atoms with Crippen LogP contribution in [-0.4, -0.2) is 35.1 Å². The predicted octanol–water partition coefficient (Wildman–Crippen LogP) is 5.48. The Hall–Kier alpha value is -4.51. The molecule has 1 amide bonds. The van der Waals surface area contributed by atoms with E-state index in [9.17, 15) is 22.5 Å². The van der Waals surface area contributed by atoms with Crippen molar-refractivity contribution in [2.75, 3.05) is 18.4 Å². The number of anilines is 1. The third-order valence-electron chi connectivity index (χ3n) is 5.97. The van der Waals surface area contributed by atoms with Crippen LogP contribution in [0.15, 0.2) is 67.0 Å². The second-order valence-electron chi connectivity index (χ2n) is 8.55. The van der Waals surface area contributed by atoms with Crippen molar-refractivity contribution in [1.82, 2.24) is 15.3 Å². The molecule has 4 aromatic rings. The molecular formula is C27H20F4N4O3. The van der Waals surface area contributed by atoms with Crippen molar-refractivity contribution in [3.05, 3.63) is 90.0 Å². The number of amides is 1. The average Bonchev–Trinajstić information content (AvgIpc) is 3.44. The lowest BCUT2D eigenvalue weighted by Gasteiger charge is -2.16. The summed E-state index contributed by atoms with van der Waals surface area (Å²) in [5.74, 6) is -3.46. The maximum atomic E-state index is 13.8. The first kappa shape index (κ1) is 25.2. The monoisotopic (exact) mass is 524 g/mol. The molecule has 1 aliphatic rings. The van der Waals surface area contributed by atoms with Gasteiger partial charge in [-0.2, -0.15) is 0 Å². The van der Waals surface area contributed by atoms with E-state index in [1.165, 1.54) is 30.5 Å². The Morgan fingerprint density at radius 3 is 2.34 bits per heavy atom. The number of aromatic nitrogens is 2. The first-order valence-corrected chi connectivity index (χ1v) is 11.6. The van der Waals surface area contributed by atoms with Gasteiger partial charge in [0.15, 0.2) is 11.6 Å². The molecule has 0 saturated carbocycles. The molecule has 0 radical (unpaired) electrons. The minimum absolute atomic E-state index is 0.00813. The van der Waals surface area contributed by atoms with E-state index in [1.54, 1.807) is 18.2 Å². The number of halogens is 4. The maximum Gasteiger partial charge on any atom is 0.270 e. The molecule has 0 aliphatic carbocycles. The number of carbonyl (C=O) groups is 1. The Kier molecular flexibility index (Phi) is 7.18. The highest BCUT2D eigenvalue weighted by Crippen LogP contribution is 2.33. The lowest BCUT2D eigenvalue weighted by Crippen LogP contribution is -2.20. The van der Waals surface area contributed by atoms with Gasteiger partial charge < -0.3 is 15.4 Å². The van der Waals surface area contributed by atoms with Crippen LogP contribution < -0.4 is 20.3 Å². The first-order chi connectivity index (χ1) is 18.4. The van der Waals surface area contributed by atoms with E-state index in [1.807, 2.05) is 0 Å². The quantitative estimate of drug-likeness (QED) is 0.312. The minimum Gasteiger partial charge on any atom is -0.473 e. The predicted molar refractivity (Wildman–Crippen MR) is 131 cm³/mol. The molecule has 2 aromatic heterocycles. The zero-order valence-corrected chi connectivity index (χ0v) is 19.7. The van der Waals surface area contributed by atoms with Crippen LogP contribution in [0.2, 0.25) is 0 Å². The summed E-state index contributed by atoms with van der Waals surface area (Å²) in [6.45, 7) is 1.48. The van der Waals surface area contributed by atoms with Gasteiger partial charge >= 0.3 is 0 Å². The Labute approximate surface area is 214 Å². The Balaban J connectivity index is 1.45. The molecular weight excluding hydrogens is 504 g/mol. The summed E-state index contributed by atoms with van der Waals surface area (Å²) in [5.41, 5.74) is 1.46. The number of nitrogens with one attached hydrogen (secondary N) is 2. The highest BCUT2D eigenvalue weighted by Gasteiger charge is 2.21. The van der Waals surface area contributed by atoms with Gasteiger partial charge in [-0.3, -0.25) is 9.74 Å². The van der Waals surface area contributed by atoms with Crippen LogP contribution in [-0.2, 0) is 0 Å². The second-order valence-corrected chi connectivity index (χ2v) is 8.55. The number of ether oxygens (including phenoxy) is 1. The van der Waals surface area contributed by atoms with Crippen LogP contribution in [0.1, 0.15) is 16.8 Å². The van der Waals surface area contributed by atoms with Crippen LogP contribution in [0.4, 0.5) is 23.4 Å². The number of benzene rings is 2. The van der Waals surface area contributed by atoms with E-state index in [0.717, 1.165) is 31.3 Å². The van der Waals surface area contributed by atoms with Gasteiger partial charge in [0.2, 0.25) is 5.88 Å². The van der Waals surface area contributed by atoms with Crippen molar-refractivity contribution in [2.24, 2.45) is 0 Å². The highest BCUT2D eigenvalue weighted by atomic mass is 19.3. The van der Waals surface area contributed by atoms with Crippen molar-refractivity contribution in [3.63, 3.8) is 0 Å². The fraction of sp³-hybridized carbons (Fsp3) is 0.148.